The number of benzene rings is 1. The maximum absolute atomic E-state index is 12.5. The summed E-state index contributed by atoms with van der Waals surface area (Å²) in [5.41, 5.74) is 0.648. The molecule has 1 aromatic heterocycles. The molecule has 3 rings (SSSR count). The molecular weight excluding hydrogens is 394 g/mol. The average Bonchev–Trinajstić information content (AvgIpc) is 2.80. The van der Waals surface area contributed by atoms with Gasteiger partial charge in [-0.25, -0.2) is 9.78 Å². The first-order chi connectivity index (χ1) is 15.0. The Hall–Kier alpha value is -3.29. The van der Waals surface area contributed by atoms with Crippen LogP contribution in [0.5, 0.6) is 5.75 Å². The number of pyridine rings is 1. The van der Waals surface area contributed by atoms with E-state index in [1.54, 1.807) is 18.3 Å². The highest BCUT2D eigenvalue weighted by atomic mass is 16.5. The number of carbonyl (C=O) groups is 2. The fourth-order valence-corrected chi connectivity index (χ4v) is 3.30. The van der Waals surface area contributed by atoms with Gasteiger partial charge in [-0.1, -0.05) is 19.1 Å². The zero-order valence-corrected chi connectivity index (χ0v) is 18.2. The molecule has 1 atom stereocenters. The lowest BCUT2D eigenvalue weighted by molar-refractivity contribution is -0.131. The first-order valence-corrected chi connectivity index (χ1v) is 10.8. The van der Waals surface area contributed by atoms with Gasteiger partial charge in [0.05, 0.1) is 6.10 Å². The van der Waals surface area contributed by atoms with Crippen molar-refractivity contribution in [3.8, 4) is 5.75 Å². The van der Waals surface area contributed by atoms with Crippen molar-refractivity contribution in [1.29, 1.82) is 0 Å². The Kier molecular flexibility index (Phi) is 8.09. The summed E-state index contributed by atoms with van der Waals surface area (Å²) in [5.74, 6) is 1.70. The molecule has 8 heteroatoms. The smallest absolute Gasteiger partial charge is 0.319 e. The molecule has 0 aliphatic carbocycles. The van der Waals surface area contributed by atoms with Crippen LogP contribution in [0.4, 0.5) is 16.3 Å². The monoisotopic (exact) mass is 425 g/mol. The van der Waals surface area contributed by atoms with Gasteiger partial charge in [-0.3, -0.25) is 4.79 Å². The highest BCUT2D eigenvalue weighted by molar-refractivity contribution is 5.89. The number of hydrogen-bond donors (Lipinski definition) is 2. The minimum atomic E-state index is -0.339. The molecule has 3 amide bonds. The molecule has 8 nitrogen and oxygen atoms in total. The lowest BCUT2D eigenvalue weighted by atomic mass is 10.2. The standard InChI is InChI=1S/C23H31N5O3/c1-3-18(2)31-20-8-6-7-19(17-20)26-23(30)25-12-10-22(29)28-15-13-27(14-16-28)21-9-4-5-11-24-21/h4-9,11,17-18H,3,10,12-16H2,1-2H3,(H2,25,26,30). The van der Waals surface area contributed by atoms with E-state index in [1.807, 2.05) is 42.2 Å². The maximum Gasteiger partial charge on any atom is 0.319 e. The van der Waals surface area contributed by atoms with E-state index in [0.29, 0.717) is 24.5 Å². The van der Waals surface area contributed by atoms with Gasteiger partial charge in [0.15, 0.2) is 0 Å². The van der Waals surface area contributed by atoms with Crippen molar-refractivity contribution < 1.29 is 14.3 Å². The Morgan fingerprint density at radius 1 is 1.13 bits per heavy atom. The number of hydrogen-bond acceptors (Lipinski definition) is 5. The number of carbonyl (C=O) groups excluding carboxylic acids is 2. The third-order valence-corrected chi connectivity index (χ3v) is 5.23. The van der Waals surface area contributed by atoms with Crippen molar-refractivity contribution >= 4 is 23.4 Å². The normalized spacial score (nSPS) is 14.6. The van der Waals surface area contributed by atoms with Crippen LogP contribution in [0.15, 0.2) is 48.7 Å². The summed E-state index contributed by atoms with van der Waals surface area (Å²) in [6.45, 7) is 7.17. The number of piperazine rings is 1. The molecule has 166 valence electrons. The lowest BCUT2D eigenvalue weighted by Gasteiger charge is -2.35. The fraction of sp³-hybridized carbons (Fsp3) is 0.435. The van der Waals surface area contributed by atoms with E-state index in [0.717, 1.165) is 25.3 Å². The van der Waals surface area contributed by atoms with Crippen LogP contribution in [-0.2, 0) is 4.79 Å². The molecular formula is C23H31N5O3. The first kappa shape index (κ1) is 22.4. The molecule has 0 radical (unpaired) electrons. The first-order valence-electron chi connectivity index (χ1n) is 10.8. The van der Waals surface area contributed by atoms with Crippen LogP contribution in [0.25, 0.3) is 0 Å². The van der Waals surface area contributed by atoms with Crippen LogP contribution in [0.3, 0.4) is 0 Å². The van der Waals surface area contributed by atoms with Crippen LogP contribution >= 0.6 is 0 Å². The van der Waals surface area contributed by atoms with Gasteiger partial charge >= 0.3 is 6.03 Å². The number of urea groups is 1. The summed E-state index contributed by atoms with van der Waals surface area (Å²) in [7, 11) is 0. The van der Waals surface area contributed by atoms with E-state index in [2.05, 4.69) is 27.4 Å². The SMILES string of the molecule is CCC(C)Oc1cccc(NC(=O)NCCC(=O)N2CCN(c3ccccn3)CC2)c1. The molecule has 1 fully saturated rings. The lowest BCUT2D eigenvalue weighted by Crippen LogP contribution is -2.49. The molecule has 1 aliphatic rings. The van der Waals surface area contributed by atoms with Crippen LogP contribution in [0.1, 0.15) is 26.7 Å². The summed E-state index contributed by atoms with van der Waals surface area (Å²) in [5, 5.41) is 5.53. The number of ether oxygens (including phenoxy) is 1. The predicted molar refractivity (Wildman–Crippen MR) is 121 cm³/mol. The van der Waals surface area contributed by atoms with Gasteiger partial charge in [-0.2, -0.15) is 0 Å². The van der Waals surface area contributed by atoms with Crippen molar-refractivity contribution in [3.63, 3.8) is 0 Å². The number of nitrogens with zero attached hydrogens (tertiary/aromatic N) is 3. The Balaban J connectivity index is 1.37. The second-order valence-corrected chi connectivity index (χ2v) is 7.55. The molecule has 2 aromatic rings. The summed E-state index contributed by atoms with van der Waals surface area (Å²) in [6.07, 6.45) is 3.07. The number of amides is 3. The summed E-state index contributed by atoms with van der Waals surface area (Å²) >= 11 is 0. The van der Waals surface area contributed by atoms with Crippen molar-refractivity contribution in [2.24, 2.45) is 0 Å². The molecule has 0 spiro atoms. The van der Waals surface area contributed by atoms with Crippen LogP contribution in [0.2, 0.25) is 0 Å². The quantitative estimate of drug-likeness (QED) is 0.679. The van der Waals surface area contributed by atoms with Gasteiger partial charge in [0.25, 0.3) is 0 Å². The van der Waals surface area contributed by atoms with Crippen LogP contribution in [-0.4, -0.2) is 60.6 Å². The molecule has 1 unspecified atom stereocenters. The third-order valence-electron chi connectivity index (χ3n) is 5.23. The summed E-state index contributed by atoms with van der Waals surface area (Å²) in [4.78, 5) is 33.0. The van der Waals surface area contributed by atoms with Crippen molar-refractivity contribution in [3.05, 3.63) is 48.7 Å². The number of rotatable bonds is 8. The molecule has 31 heavy (non-hydrogen) atoms. The molecule has 1 saturated heterocycles. The highest BCUT2D eigenvalue weighted by Gasteiger charge is 2.21. The third kappa shape index (κ3) is 6.87. The van der Waals surface area contributed by atoms with E-state index in [4.69, 9.17) is 4.74 Å². The molecule has 1 aliphatic heterocycles. The van der Waals surface area contributed by atoms with E-state index in [-0.39, 0.29) is 31.0 Å². The minimum absolute atomic E-state index is 0.0462. The number of anilines is 2. The van der Waals surface area contributed by atoms with Crippen molar-refractivity contribution in [2.45, 2.75) is 32.8 Å². The number of nitrogens with one attached hydrogen (secondary N) is 2. The molecule has 2 heterocycles. The minimum Gasteiger partial charge on any atom is -0.491 e. The van der Waals surface area contributed by atoms with Gasteiger partial charge < -0.3 is 25.2 Å². The van der Waals surface area contributed by atoms with E-state index in [9.17, 15) is 9.59 Å². The highest BCUT2D eigenvalue weighted by Crippen LogP contribution is 2.19. The topological polar surface area (TPSA) is 86.8 Å². The number of aromatic nitrogens is 1. The second kappa shape index (κ2) is 11.2. The van der Waals surface area contributed by atoms with E-state index < -0.39 is 0 Å². The summed E-state index contributed by atoms with van der Waals surface area (Å²) in [6, 6.07) is 12.8. The Morgan fingerprint density at radius 3 is 2.65 bits per heavy atom. The maximum atomic E-state index is 12.5. The van der Waals surface area contributed by atoms with Gasteiger partial charge in [-0.15, -0.1) is 0 Å². The van der Waals surface area contributed by atoms with Gasteiger partial charge in [-0.05, 0) is 37.6 Å². The Labute approximate surface area is 183 Å². The Morgan fingerprint density at radius 2 is 1.94 bits per heavy atom. The van der Waals surface area contributed by atoms with Crippen molar-refractivity contribution in [2.75, 3.05) is 42.9 Å². The molecule has 2 N–H and O–H groups in total. The summed E-state index contributed by atoms with van der Waals surface area (Å²) < 4.78 is 5.77. The van der Waals surface area contributed by atoms with Gasteiger partial charge in [0.2, 0.25) is 5.91 Å². The van der Waals surface area contributed by atoms with Gasteiger partial charge in [0.1, 0.15) is 11.6 Å². The van der Waals surface area contributed by atoms with Crippen LogP contribution in [0, 0.1) is 0 Å². The van der Waals surface area contributed by atoms with Gasteiger partial charge in [0, 0.05) is 57.1 Å². The zero-order valence-electron chi connectivity index (χ0n) is 18.2. The van der Waals surface area contributed by atoms with Crippen molar-refractivity contribution in [1.82, 2.24) is 15.2 Å². The molecule has 0 bridgehead atoms. The molecule has 0 saturated carbocycles. The van der Waals surface area contributed by atoms with E-state index >= 15 is 0 Å². The largest absolute Gasteiger partial charge is 0.491 e. The van der Waals surface area contributed by atoms with E-state index in [1.165, 1.54) is 0 Å². The zero-order chi connectivity index (χ0) is 22.1. The Bertz CT molecular complexity index is 853. The average molecular weight is 426 g/mol. The van der Waals surface area contributed by atoms with Crippen LogP contribution < -0.4 is 20.3 Å². The second-order valence-electron chi connectivity index (χ2n) is 7.55. The fourth-order valence-electron chi connectivity index (χ4n) is 3.30. The molecule has 1 aromatic carbocycles. The predicted octanol–water partition coefficient (Wildman–Crippen LogP) is 3.12.